The van der Waals surface area contributed by atoms with Crippen LogP contribution in [0.2, 0.25) is 0 Å². The first-order valence-electron chi connectivity index (χ1n) is 11.1. The van der Waals surface area contributed by atoms with E-state index in [-0.39, 0.29) is 33.9 Å². The number of rotatable bonds is 7. The quantitative estimate of drug-likeness (QED) is 0.119. The van der Waals surface area contributed by atoms with E-state index in [0.717, 1.165) is 31.3 Å². The number of aromatic amines is 1. The lowest BCUT2D eigenvalue weighted by atomic mass is 9.82. The van der Waals surface area contributed by atoms with Crippen molar-refractivity contribution >= 4 is 43.7 Å². The Morgan fingerprint density at radius 2 is 1.82 bits per heavy atom. The Hall–Kier alpha value is -3.84. The standard InChI is InChI=1S/C22H23N5O10P2/c1-22(39(35,36)37)15-9-13(38(32,33)34)5-6-14(15)17(10-19(22)25-20(28)16-4-3-7-23-16)24-21(29)18-8-12(27(30)31)11-26(18)2/h3-11,19,23H,1-2H3,(H,24,29)(H,25,28)(H2,32,33,34)(H2,35,36,37). The topological polar surface area (TPSA) is 237 Å². The molecule has 2 amide bonds. The molecule has 1 aromatic carbocycles. The first kappa shape index (κ1) is 28.2. The van der Waals surface area contributed by atoms with Crippen molar-refractivity contribution in [1.29, 1.82) is 0 Å². The highest BCUT2D eigenvalue weighted by molar-refractivity contribution is 7.60. The van der Waals surface area contributed by atoms with Gasteiger partial charge in [0, 0.05) is 30.6 Å². The third kappa shape index (κ3) is 5.11. The van der Waals surface area contributed by atoms with Gasteiger partial charge in [-0.05, 0) is 42.8 Å². The van der Waals surface area contributed by atoms with E-state index in [2.05, 4.69) is 15.6 Å². The van der Waals surface area contributed by atoms with Crippen molar-refractivity contribution < 1.29 is 43.2 Å². The predicted molar refractivity (Wildman–Crippen MR) is 137 cm³/mol. The van der Waals surface area contributed by atoms with Crippen molar-refractivity contribution in [3.05, 3.63) is 87.5 Å². The summed E-state index contributed by atoms with van der Waals surface area (Å²) in [6, 6.07) is 5.63. The van der Waals surface area contributed by atoms with Gasteiger partial charge in [-0.1, -0.05) is 6.07 Å². The van der Waals surface area contributed by atoms with Crippen LogP contribution in [0.3, 0.4) is 0 Å². The number of nitrogens with one attached hydrogen (secondary N) is 3. The number of nitro groups is 1. The molecule has 0 fully saturated rings. The normalized spacial score (nSPS) is 19.1. The van der Waals surface area contributed by atoms with Gasteiger partial charge in [0.15, 0.2) is 0 Å². The molecule has 39 heavy (non-hydrogen) atoms. The summed E-state index contributed by atoms with van der Waals surface area (Å²) in [6.45, 7) is 1.13. The number of carbonyl (C=O) groups excluding carboxylic acids is 2. The summed E-state index contributed by atoms with van der Waals surface area (Å²) >= 11 is 0. The van der Waals surface area contributed by atoms with Crippen molar-refractivity contribution in [1.82, 2.24) is 20.2 Å². The Bertz CT molecular complexity index is 1620. The number of aromatic nitrogens is 2. The van der Waals surface area contributed by atoms with Crippen LogP contribution < -0.4 is 15.9 Å². The molecule has 0 aliphatic heterocycles. The molecule has 206 valence electrons. The first-order chi connectivity index (χ1) is 18.0. The fourth-order valence-electron chi connectivity index (χ4n) is 4.33. The Morgan fingerprint density at radius 1 is 1.13 bits per heavy atom. The van der Waals surface area contributed by atoms with E-state index in [1.807, 2.05) is 0 Å². The van der Waals surface area contributed by atoms with Gasteiger partial charge >= 0.3 is 15.2 Å². The second-order valence-electron chi connectivity index (χ2n) is 8.99. The molecule has 15 nitrogen and oxygen atoms in total. The number of nitrogens with zero attached hydrogens (tertiary/aromatic N) is 2. The van der Waals surface area contributed by atoms with Gasteiger partial charge < -0.3 is 39.8 Å². The number of carbonyl (C=O) groups is 2. The van der Waals surface area contributed by atoms with Crippen LogP contribution in [0.15, 0.2) is 54.9 Å². The monoisotopic (exact) mass is 579 g/mol. The summed E-state index contributed by atoms with van der Waals surface area (Å²) < 4.78 is 26.2. The second kappa shape index (κ2) is 9.72. The molecule has 0 saturated carbocycles. The van der Waals surface area contributed by atoms with E-state index in [0.29, 0.717) is 0 Å². The second-order valence-corrected chi connectivity index (χ2v) is 12.6. The van der Waals surface area contributed by atoms with Crippen molar-refractivity contribution in [3.63, 3.8) is 0 Å². The van der Waals surface area contributed by atoms with Crippen LogP contribution >= 0.6 is 15.2 Å². The third-order valence-electron chi connectivity index (χ3n) is 6.53. The summed E-state index contributed by atoms with van der Waals surface area (Å²) in [6.07, 6.45) is 3.78. The smallest absolute Gasteiger partial charge is 0.356 e. The van der Waals surface area contributed by atoms with Gasteiger partial charge in [-0.15, -0.1) is 0 Å². The van der Waals surface area contributed by atoms with Crippen molar-refractivity contribution in [2.75, 3.05) is 0 Å². The van der Waals surface area contributed by atoms with Crippen LogP contribution in [0.25, 0.3) is 5.70 Å². The lowest BCUT2D eigenvalue weighted by molar-refractivity contribution is -0.384. The van der Waals surface area contributed by atoms with E-state index >= 15 is 0 Å². The highest BCUT2D eigenvalue weighted by Crippen LogP contribution is 2.61. The zero-order valence-corrected chi connectivity index (χ0v) is 22.1. The van der Waals surface area contributed by atoms with Crippen LogP contribution in [0.5, 0.6) is 0 Å². The Balaban J connectivity index is 1.88. The number of hydrogen-bond donors (Lipinski definition) is 7. The minimum Gasteiger partial charge on any atom is -0.357 e. The maximum absolute atomic E-state index is 13.1. The molecule has 7 N–H and O–H groups in total. The molecule has 17 heteroatoms. The Labute approximate surface area is 220 Å². The zero-order valence-electron chi connectivity index (χ0n) is 20.3. The SMILES string of the molecule is Cn1cc([N+](=O)[O-])cc1C(=O)NC1=CC(NC(=O)c2ccc[nH]2)C(C)(P(=O)(O)O)c2cc(P(=O)(O)O)ccc21. The number of H-pyrrole nitrogens is 1. The zero-order chi connectivity index (χ0) is 28.9. The maximum Gasteiger partial charge on any atom is 0.356 e. The molecule has 2 heterocycles. The Kier molecular flexibility index (Phi) is 7.02. The van der Waals surface area contributed by atoms with Crippen molar-refractivity contribution in [2.45, 2.75) is 18.1 Å². The van der Waals surface area contributed by atoms with E-state index in [1.165, 1.54) is 42.1 Å². The van der Waals surface area contributed by atoms with Crippen LogP contribution in [0.1, 0.15) is 39.0 Å². The highest BCUT2D eigenvalue weighted by atomic mass is 31.2. The molecule has 0 saturated heterocycles. The first-order valence-corrected chi connectivity index (χ1v) is 14.3. The van der Waals surface area contributed by atoms with Gasteiger partial charge in [0.1, 0.15) is 16.5 Å². The molecule has 0 spiro atoms. The molecule has 3 aromatic rings. The average molecular weight is 579 g/mol. The van der Waals surface area contributed by atoms with E-state index in [1.54, 1.807) is 0 Å². The van der Waals surface area contributed by atoms with E-state index in [9.17, 15) is 48.4 Å². The van der Waals surface area contributed by atoms with Crippen LogP contribution in [-0.4, -0.2) is 51.9 Å². The molecule has 0 bridgehead atoms. The fraction of sp³-hybridized carbons (Fsp3) is 0.182. The minimum absolute atomic E-state index is 0.0143. The largest absolute Gasteiger partial charge is 0.357 e. The molecule has 0 radical (unpaired) electrons. The van der Waals surface area contributed by atoms with Gasteiger partial charge in [0.05, 0.1) is 22.5 Å². The maximum atomic E-state index is 13.1. The van der Waals surface area contributed by atoms with Gasteiger partial charge in [-0.2, -0.15) is 0 Å². The van der Waals surface area contributed by atoms with Crippen LogP contribution in [0.4, 0.5) is 5.69 Å². The van der Waals surface area contributed by atoms with Crippen LogP contribution in [0, 0.1) is 10.1 Å². The van der Waals surface area contributed by atoms with Gasteiger partial charge in [0.25, 0.3) is 17.5 Å². The van der Waals surface area contributed by atoms with Crippen LogP contribution in [-0.2, 0) is 21.3 Å². The lowest BCUT2D eigenvalue weighted by Crippen LogP contribution is -2.51. The fourth-order valence-corrected chi connectivity index (χ4v) is 5.90. The Morgan fingerprint density at radius 3 is 2.36 bits per heavy atom. The third-order valence-corrected chi connectivity index (χ3v) is 9.21. The van der Waals surface area contributed by atoms with Crippen molar-refractivity contribution in [3.8, 4) is 0 Å². The number of aryl methyl sites for hydroxylation is 1. The predicted octanol–water partition coefficient (Wildman–Crippen LogP) is 1.04. The molecule has 2 aromatic heterocycles. The average Bonchev–Trinajstić information content (AvgIpc) is 3.50. The number of hydrogen-bond acceptors (Lipinski definition) is 6. The van der Waals surface area contributed by atoms with E-state index in [4.69, 9.17) is 0 Å². The summed E-state index contributed by atoms with van der Waals surface area (Å²) in [5.41, 5.74) is -0.695. The molecule has 1 aliphatic carbocycles. The minimum atomic E-state index is -5.20. The number of fused-ring (bicyclic) bond motifs is 1. The lowest BCUT2D eigenvalue weighted by Gasteiger charge is -2.42. The molecule has 4 rings (SSSR count). The molecular formula is C22H23N5O10P2. The summed E-state index contributed by atoms with van der Waals surface area (Å²) in [7, 11) is -8.68. The van der Waals surface area contributed by atoms with Crippen molar-refractivity contribution in [2.24, 2.45) is 7.05 Å². The molecular weight excluding hydrogens is 556 g/mol. The van der Waals surface area contributed by atoms with Gasteiger partial charge in [-0.3, -0.25) is 28.8 Å². The molecule has 2 unspecified atom stereocenters. The summed E-state index contributed by atoms with van der Waals surface area (Å²) in [5, 5.41) is 13.4. The van der Waals surface area contributed by atoms with E-state index < -0.39 is 48.4 Å². The summed E-state index contributed by atoms with van der Waals surface area (Å²) in [5.74, 6) is -1.57. The number of benzene rings is 1. The molecule has 2 atom stereocenters. The summed E-state index contributed by atoms with van der Waals surface area (Å²) in [4.78, 5) is 79.5. The molecule has 1 aliphatic rings. The number of amides is 2. The van der Waals surface area contributed by atoms with Gasteiger partial charge in [-0.25, -0.2) is 0 Å². The van der Waals surface area contributed by atoms with Gasteiger partial charge in [0.2, 0.25) is 0 Å². The highest BCUT2D eigenvalue weighted by Gasteiger charge is 2.54.